The molecule has 1 fully saturated rings. The molecule has 4 N–H and O–H groups in total. The number of β-amino-alcohol motifs (C(OH)–C–C–N with tert-alkyl or cyclic N) is 1. The van der Waals surface area contributed by atoms with Gasteiger partial charge in [-0.15, -0.1) is 0 Å². The number of rotatable bonds is 14. The Morgan fingerprint density at radius 3 is 1.81 bits per heavy atom. The predicted octanol–water partition coefficient (Wildman–Crippen LogP) is -1.32. The largest absolute Gasteiger partial charge is 0.497 e. The molecule has 43 heavy (non-hydrogen) atoms. The summed E-state index contributed by atoms with van der Waals surface area (Å²) in [6.45, 7) is 1.71. The molecule has 2 unspecified atom stereocenters. The fourth-order valence-corrected chi connectivity index (χ4v) is 6.15. The van der Waals surface area contributed by atoms with Crippen LogP contribution in [-0.2, 0) is 30.8 Å². The monoisotopic (exact) mass is 631 g/mol. The van der Waals surface area contributed by atoms with E-state index in [9.17, 15) is 43.2 Å². The number of carboxylic acids is 3. The van der Waals surface area contributed by atoms with E-state index in [-0.39, 0.29) is 72.0 Å². The lowest BCUT2D eigenvalue weighted by Crippen LogP contribution is -2.60. The van der Waals surface area contributed by atoms with Crippen LogP contribution in [0.1, 0.15) is 12.5 Å². The van der Waals surface area contributed by atoms with Gasteiger partial charge in [-0.1, -0.05) is 12.1 Å². The average Bonchev–Trinajstić information content (AvgIpc) is 2.89. The lowest BCUT2D eigenvalue weighted by molar-refractivity contribution is -0.141. The van der Waals surface area contributed by atoms with Crippen LogP contribution in [0.2, 0.25) is 0 Å². The summed E-state index contributed by atoms with van der Waals surface area (Å²) < 4.78 is 33.0. The van der Waals surface area contributed by atoms with Crippen molar-refractivity contribution in [3.05, 3.63) is 29.8 Å². The highest BCUT2D eigenvalue weighted by Gasteiger charge is 2.35. The van der Waals surface area contributed by atoms with Crippen LogP contribution in [0.3, 0.4) is 0 Å². The van der Waals surface area contributed by atoms with Crippen molar-refractivity contribution in [2.24, 2.45) is 0 Å². The number of carbonyl (C=O) groups is 3. The fraction of sp³-hybridized carbons (Fsp3) is 0.667. The lowest BCUT2D eigenvalue weighted by atomic mass is 10.1. The summed E-state index contributed by atoms with van der Waals surface area (Å²) in [5.41, 5.74) is 0.838. The van der Waals surface area contributed by atoms with Crippen LogP contribution in [0, 0.1) is 0 Å². The Kier molecular flexibility index (Phi) is 14.7. The van der Waals surface area contributed by atoms with E-state index >= 15 is 0 Å². The summed E-state index contributed by atoms with van der Waals surface area (Å²) in [7, 11) is -2.36. The van der Waals surface area contributed by atoms with E-state index in [2.05, 4.69) is 0 Å². The summed E-state index contributed by atoms with van der Waals surface area (Å²) in [6, 6.07) is 7.15. The number of hydrogen-bond acceptors (Lipinski definition) is 11. The van der Waals surface area contributed by atoms with Gasteiger partial charge in [-0.05, 0) is 31.0 Å². The average molecular weight is 632 g/mol. The lowest BCUT2D eigenvalue weighted by Gasteiger charge is -2.42. The predicted molar refractivity (Wildman–Crippen MR) is 158 cm³/mol. The number of methoxy groups -OCH3 is 1. The molecule has 1 aliphatic heterocycles. The maximum Gasteiger partial charge on any atom is 0.317 e. The molecular weight excluding hydrogens is 586 g/mol. The molecule has 1 heterocycles. The maximum absolute atomic E-state index is 13.3. The molecule has 1 aromatic rings. The molecular formula is C27H45N5O10S. The fourth-order valence-electron chi connectivity index (χ4n) is 5.08. The number of ether oxygens (including phenoxy) is 1. The van der Waals surface area contributed by atoms with Crippen molar-refractivity contribution in [1.29, 1.82) is 0 Å². The summed E-state index contributed by atoms with van der Waals surface area (Å²) in [4.78, 5) is 41.7. The van der Waals surface area contributed by atoms with Crippen molar-refractivity contribution < 1.29 is 48.0 Å². The second kappa shape index (κ2) is 17.4. The van der Waals surface area contributed by atoms with Gasteiger partial charge in [-0.2, -0.15) is 4.31 Å². The van der Waals surface area contributed by atoms with Gasteiger partial charge in [-0.3, -0.25) is 34.0 Å². The normalized spacial score (nSPS) is 19.8. The molecule has 1 saturated heterocycles. The quantitative estimate of drug-likeness (QED) is 0.189. The van der Waals surface area contributed by atoms with Gasteiger partial charge >= 0.3 is 17.9 Å². The highest BCUT2D eigenvalue weighted by Crippen LogP contribution is 2.18. The molecule has 0 aromatic heterocycles. The molecule has 0 bridgehead atoms. The first-order valence-electron chi connectivity index (χ1n) is 14.0. The van der Waals surface area contributed by atoms with E-state index < -0.39 is 46.7 Å². The zero-order chi connectivity index (χ0) is 32.2. The van der Waals surface area contributed by atoms with Gasteiger partial charge in [0.2, 0.25) is 10.0 Å². The van der Waals surface area contributed by atoms with E-state index in [1.165, 1.54) is 9.21 Å². The molecule has 0 saturated carbocycles. The minimum absolute atomic E-state index is 0.0215. The third kappa shape index (κ3) is 13.5. The van der Waals surface area contributed by atoms with Crippen LogP contribution >= 0.6 is 0 Å². The second-order valence-corrected chi connectivity index (χ2v) is 12.7. The van der Waals surface area contributed by atoms with E-state index in [1.807, 2.05) is 12.1 Å². The first-order chi connectivity index (χ1) is 20.2. The molecule has 15 nitrogen and oxygen atoms in total. The van der Waals surface area contributed by atoms with Crippen molar-refractivity contribution in [3.63, 3.8) is 0 Å². The second-order valence-electron chi connectivity index (χ2n) is 10.8. The third-order valence-corrected chi connectivity index (χ3v) is 8.41. The Balaban J connectivity index is 2.53. The Morgan fingerprint density at radius 1 is 0.884 bits per heavy atom. The van der Waals surface area contributed by atoms with E-state index in [4.69, 9.17) is 4.74 Å². The van der Waals surface area contributed by atoms with Crippen LogP contribution in [-0.4, -0.2) is 175 Å². The number of aliphatic hydroxyl groups excluding tert-OH is 1. The first-order valence-corrected chi connectivity index (χ1v) is 15.9. The topological polar surface area (TPSA) is 192 Å². The molecule has 16 heteroatoms. The standard InChI is InChI=1S/C27H45N5O10S/c1-21(33)16-30-13-12-28(18-25(34)35)10-11-29(19-26(36)37)14-15-31(20-27(38)39)24(17-30)32(43(3,40)41)9-8-22-4-6-23(42-2)7-5-22/h4-7,21,24,33H,8-20H2,1-3H3,(H,34,35)(H,36,37)(H,38,39). The molecule has 0 amide bonds. The number of hydrogen-bond donors (Lipinski definition) is 4. The summed E-state index contributed by atoms with van der Waals surface area (Å²) in [5, 5.41) is 39.0. The van der Waals surface area contributed by atoms with Gasteiger partial charge in [-0.25, -0.2) is 8.42 Å². The molecule has 2 atom stereocenters. The number of carboxylic acid groups (broad SMARTS) is 3. The van der Waals surface area contributed by atoms with E-state index in [0.29, 0.717) is 12.2 Å². The third-order valence-electron chi connectivity index (χ3n) is 7.13. The Hall–Kier alpha value is -2.86. The highest BCUT2D eigenvalue weighted by atomic mass is 32.2. The van der Waals surface area contributed by atoms with Crippen LogP contribution in [0.25, 0.3) is 0 Å². The smallest absolute Gasteiger partial charge is 0.317 e. The van der Waals surface area contributed by atoms with E-state index in [0.717, 1.165) is 11.8 Å². The van der Waals surface area contributed by atoms with Gasteiger partial charge < -0.3 is 25.2 Å². The van der Waals surface area contributed by atoms with Crippen LogP contribution < -0.4 is 4.74 Å². The van der Waals surface area contributed by atoms with Crippen molar-refractivity contribution in [2.75, 3.05) is 91.9 Å². The molecule has 2 rings (SSSR count). The molecule has 244 valence electrons. The van der Waals surface area contributed by atoms with Gasteiger partial charge in [0.15, 0.2) is 0 Å². The molecule has 0 radical (unpaired) electrons. The SMILES string of the molecule is COc1ccc(CCN(C2CN(CC(C)O)CCN(CC(=O)O)CCN(CC(=O)O)CCN2CC(=O)O)S(C)(=O)=O)cc1. The molecule has 0 spiro atoms. The number of sulfonamides is 1. The van der Waals surface area contributed by atoms with Crippen molar-refractivity contribution in [1.82, 2.24) is 23.9 Å². The van der Waals surface area contributed by atoms with Crippen molar-refractivity contribution in [2.45, 2.75) is 25.6 Å². The first kappa shape index (κ1) is 36.3. The number of nitrogens with zero attached hydrogens (tertiary/aromatic N) is 5. The van der Waals surface area contributed by atoms with Crippen LogP contribution in [0.15, 0.2) is 24.3 Å². The zero-order valence-electron chi connectivity index (χ0n) is 25.0. The van der Waals surface area contributed by atoms with Gasteiger partial charge in [0.1, 0.15) is 5.75 Å². The van der Waals surface area contributed by atoms with Crippen molar-refractivity contribution in [3.8, 4) is 5.75 Å². The summed E-state index contributed by atoms with van der Waals surface area (Å²) >= 11 is 0. The van der Waals surface area contributed by atoms with Crippen LogP contribution in [0.4, 0.5) is 0 Å². The van der Waals surface area contributed by atoms with E-state index in [1.54, 1.807) is 40.9 Å². The van der Waals surface area contributed by atoms with Gasteiger partial charge in [0, 0.05) is 58.9 Å². The molecule has 1 aromatic carbocycles. The Bertz CT molecular complexity index is 1150. The Labute approximate surface area is 252 Å². The summed E-state index contributed by atoms with van der Waals surface area (Å²) in [5.74, 6) is -2.68. The van der Waals surface area contributed by atoms with Crippen LogP contribution in [0.5, 0.6) is 5.75 Å². The number of benzene rings is 1. The number of aliphatic carboxylic acids is 3. The molecule has 0 aliphatic carbocycles. The van der Waals surface area contributed by atoms with Crippen molar-refractivity contribution >= 4 is 27.9 Å². The summed E-state index contributed by atoms with van der Waals surface area (Å²) in [6.07, 6.45) is -0.406. The number of aliphatic hydroxyl groups is 1. The van der Waals surface area contributed by atoms with Gasteiger partial charge in [0.05, 0.1) is 45.3 Å². The zero-order valence-corrected chi connectivity index (χ0v) is 25.9. The minimum Gasteiger partial charge on any atom is -0.497 e. The molecule has 1 aliphatic rings. The highest BCUT2D eigenvalue weighted by molar-refractivity contribution is 7.88. The maximum atomic E-state index is 13.3. The Morgan fingerprint density at radius 2 is 1.37 bits per heavy atom. The van der Waals surface area contributed by atoms with Gasteiger partial charge in [0.25, 0.3) is 0 Å². The minimum atomic E-state index is -3.90.